The number of hydrazine groups is 1. The molecule has 2 aliphatic rings. The molecule has 8 heterocycles. The van der Waals surface area contributed by atoms with Crippen LogP contribution in [0, 0.1) is 0 Å². The Balaban J connectivity index is 0.000000187. The molecule has 9 rings (SSSR count). The monoisotopic (exact) mass is 1000 g/mol. The third-order valence-corrected chi connectivity index (χ3v) is 11.9. The molecule has 2 fully saturated rings. The average Bonchev–Trinajstić information content (AvgIpc) is 4.10. The number of benzene rings is 1. The maximum absolute atomic E-state index is 12.2. The maximum Gasteiger partial charge on any atom is 0.418 e. The van der Waals surface area contributed by atoms with Gasteiger partial charge in [-0.15, -0.1) is 0 Å². The first-order valence-corrected chi connectivity index (χ1v) is 23.9. The lowest BCUT2D eigenvalue weighted by atomic mass is 10.1. The number of thiocarbonyl (C=S) groups is 2. The van der Waals surface area contributed by atoms with Gasteiger partial charge in [-0.05, 0) is 67.2 Å². The van der Waals surface area contributed by atoms with Crippen molar-refractivity contribution in [2.24, 2.45) is 5.84 Å². The minimum absolute atomic E-state index is 0.335. The zero-order chi connectivity index (χ0) is 49.8. The fourth-order valence-electron chi connectivity index (χ4n) is 7.14. The number of nitrogens with two attached hydrogens (primary N) is 1. The minimum Gasteiger partial charge on any atom is -0.410 e. The van der Waals surface area contributed by atoms with Gasteiger partial charge in [0, 0.05) is 98.2 Å². The number of rotatable bonds is 14. The zero-order valence-electron chi connectivity index (χ0n) is 39.6. The van der Waals surface area contributed by atoms with E-state index in [0.29, 0.717) is 40.1 Å². The van der Waals surface area contributed by atoms with E-state index >= 15 is 0 Å². The number of fused-ring (bicyclic) bond motifs is 2. The Labute approximate surface area is 421 Å². The molecule has 0 spiro atoms. The molecule has 0 atom stereocenters. The molecule has 0 saturated carbocycles. The van der Waals surface area contributed by atoms with Gasteiger partial charge in [-0.1, -0.05) is 37.3 Å². The summed E-state index contributed by atoms with van der Waals surface area (Å²) in [7, 11) is 1.70. The SMILES string of the molecule is CCC(=S)CNC(=O)Nc1ccc2ncc(-c3cnn(CCN4CCOCC4)c3)cc2n1.CNC(=S)NN.O=C(Nc1ccc2ncc(-c3cnn(CCN4CCOCC4)c3)cc2n1)Oc1ccccc1. The highest BCUT2D eigenvalue weighted by Gasteiger charge is 2.14. The largest absolute Gasteiger partial charge is 0.418 e. The van der Waals surface area contributed by atoms with Crippen LogP contribution >= 0.6 is 24.4 Å². The summed E-state index contributed by atoms with van der Waals surface area (Å²) < 4.78 is 20.0. The molecular formula is C48H58N16O5S2. The van der Waals surface area contributed by atoms with Crippen LogP contribution in [-0.4, -0.2) is 151 Å². The first-order chi connectivity index (χ1) is 34.6. The number of nitrogens with one attached hydrogen (secondary N) is 5. The molecule has 2 aliphatic heterocycles. The number of morpholine rings is 2. The van der Waals surface area contributed by atoms with E-state index in [9.17, 15) is 9.59 Å². The number of amides is 3. The molecular weight excluding hydrogens is 945 g/mol. The molecule has 3 amide bonds. The van der Waals surface area contributed by atoms with Crippen molar-refractivity contribution in [3.05, 3.63) is 104 Å². The lowest BCUT2D eigenvalue weighted by molar-refractivity contribution is 0.0359. The van der Waals surface area contributed by atoms with Crippen LogP contribution in [0.1, 0.15) is 13.3 Å². The van der Waals surface area contributed by atoms with E-state index in [1.165, 1.54) is 0 Å². The number of hydrogen-bond acceptors (Lipinski definition) is 16. The normalized spacial score (nSPS) is 13.7. The van der Waals surface area contributed by atoms with Crippen molar-refractivity contribution in [2.75, 3.05) is 89.9 Å². The quantitative estimate of drug-likeness (QED) is 0.0471. The van der Waals surface area contributed by atoms with Gasteiger partial charge in [-0.2, -0.15) is 10.2 Å². The van der Waals surface area contributed by atoms with Crippen LogP contribution in [0.4, 0.5) is 21.2 Å². The van der Waals surface area contributed by atoms with Crippen molar-refractivity contribution >= 4 is 80.2 Å². The summed E-state index contributed by atoms with van der Waals surface area (Å²) in [6.07, 6.45) is 11.5. The van der Waals surface area contributed by atoms with E-state index < -0.39 is 6.09 Å². The molecule has 0 radical (unpaired) electrons. The topological polar surface area (TPSA) is 242 Å². The number of para-hydroxylation sites is 1. The van der Waals surface area contributed by atoms with Crippen molar-refractivity contribution in [2.45, 2.75) is 26.4 Å². The molecule has 0 aliphatic carbocycles. The lowest BCUT2D eigenvalue weighted by Crippen LogP contribution is -2.38. The van der Waals surface area contributed by atoms with Crippen LogP contribution in [0.25, 0.3) is 44.3 Å². The molecule has 23 heteroatoms. The van der Waals surface area contributed by atoms with Crippen LogP contribution < -0.4 is 37.3 Å². The van der Waals surface area contributed by atoms with Gasteiger partial charge in [0.25, 0.3) is 0 Å². The number of ether oxygens (including phenoxy) is 3. The van der Waals surface area contributed by atoms with Gasteiger partial charge in [0.05, 0.1) is 80.5 Å². The Morgan fingerprint density at radius 3 is 1.68 bits per heavy atom. The van der Waals surface area contributed by atoms with Crippen LogP contribution in [0.5, 0.6) is 5.75 Å². The van der Waals surface area contributed by atoms with Crippen molar-refractivity contribution in [3.63, 3.8) is 0 Å². The summed E-state index contributed by atoms with van der Waals surface area (Å²) in [5.41, 5.74) is 8.89. The summed E-state index contributed by atoms with van der Waals surface area (Å²) in [6, 6.07) is 19.5. The van der Waals surface area contributed by atoms with Crippen LogP contribution in [0.2, 0.25) is 0 Å². The Hall–Kier alpha value is -7.12. The van der Waals surface area contributed by atoms with Crippen molar-refractivity contribution in [1.29, 1.82) is 0 Å². The highest BCUT2D eigenvalue weighted by Crippen LogP contribution is 2.24. The molecule has 6 aromatic heterocycles. The van der Waals surface area contributed by atoms with Gasteiger partial charge >= 0.3 is 12.1 Å². The van der Waals surface area contributed by atoms with Crippen molar-refractivity contribution in [3.8, 4) is 28.0 Å². The molecule has 7 aromatic rings. The average molecular weight is 1000 g/mol. The van der Waals surface area contributed by atoms with Gasteiger partial charge in [0.2, 0.25) is 0 Å². The van der Waals surface area contributed by atoms with Gasteiger partial charge in [0.15, 0.2) is 5.11 Å². The lowest BCUT2D eigenvalue weighted by Gasteiger charge is -2.26. The van der Waals surface area contributed by atoms with Gasteiger partial charge in [-0.3, -0.25) is 39.8 Å². The number of anilines is 2. The highest BCUT2D eigenvalue weighted by atomic mass is 32.1. The Kier molecular flexibility index (Phi) is 19.5. The summed E-state index contributed by atoms with van der Waals surface area (Å²) in [5.74, 6) is 6.14. The van der Waals surface area contributed by atoms with Crippen molar-refractivity contribution in [1.82, 2.24) is 65.4 Å². The number of hydrogen-bond donors (Lipinski definition) is 6. The second kappa shape index (κ2) is 26.7. The predicted octanol–water partition coefficient (Wildman–Crippen LogP) is 5.12. The highest BCUT2D eigenvalue weighted by molar-refractivity contribution is 7.80. The zero-order valence-corrected chi connectivity index (χ0v) is 41.3. The Bertz CT molecular complexity index is 2850. The molecule has 0 unspecified atom stereocenters. The number of pyridine rings is 4. The molecule has 71 heavy (non-hydrogen) atoms. The molecule has 2 saturated heterocycles. The summed E-state index contributed by atoms with van der Waals surface area (Å²) in [4.78, 5) is 47.9. The second-order valence-electron chi connectivity index (χ2n) is 16.1. The van der Waals surface area contributed by atoms with Crippen LogP contribution in [0.3, 0.4) is 0 Å². The fraction of sp³-hybridized carbons (Fsp3) is 0.333. The van der Waals surface area contributed by atoms with E-state index in [1.807, 2.05) is 83.8 Å². The third kappa shape index (κ3) is 16.2. The standard InChI is InChI=1S/C24H24N6O3.C22H27N7O2S.C2H7N3S/c31-24(33-20-4-2-1-3-5-20)28-23-7-6-21-22(27-23)14-18(15-25-21)19-16-26-30(17-19)9-8-29-10-12-32-13-11-29;1-2-18(32)14-24-22(30)27-21-4-3-19-20(26-21)11-16(12-23-19)17-13-25-29(15-17)6-5-28-7-9-31-10-8-28;1-4-2(6)5-3/h1-7,14-17H,8-13H2,(H,27,28,31);3-4,11-13,15H,2,5-10,14H2,1H3,(H2,24,26,27,30);3H2,1H3,(H2,4,5,6). The van der Waals surface area contributed by atoms with Crippen LogP contribution in [0.15, 0.2) is 104 Å². The van der Waals surface area contributed by atoms with E-state index in [0.717, 1.165) is 123 Å². The number of carbonyl (C=O) groups is 2. The number of urea groups is 1. The summed E-state index contributed by atoms with van der Waals surface area (Å²) in [5, 5.41) is 20.2. The first-order valence-electron chi connectivity index (χ1n) is 23.1. The second-order valence-corrected chi connectivity index (χ2v) is 17.0. The van der Waals surface area contributed by atoms with Gasteiger partial charge in [-0.25, -0.2) is 25.4 Å². The Morgan fingerprint density at radius 2 is 1.20 bits per heavy atom. The van der Waals surface area contributed by atoms with Gasteiger partial charge < -0.3 is 30.3 Å². The molecule has 7 N–H and O–H groups in total. The summed E-state index contributed by atoms with van der Waals surface area (Å²) in [6.45, 7) is 12.9. The minimum atomic E-state index is -0.598. The fourth-order valence-corrected chi connectivity index (χ4v) is 7.21. The van der Waals surface area contributed by atoms with E-state index in [1.54, 1.807) is 43.4 Å². The van der Waals surface area contributed by atoms with E-state index in [-0.39, 0.29) is 6.03 Å². The maximum atomic E-state index is 12.2. The third-order valence-electron chi connectivity index (χ3n) is 11.1. The number of nitrogens with zero attached hydrogens (tertiary/aromatic N) is 10. The van der Waals surface area contributed by atoms with Crippen molar-refractivity contribution < 1.29 is 23.8 Å². The molecule has 1 aromatic carbocycles. The predicted molar refractivity (Wildman–Crippen MR) is 281 cm³/mol. The first kappa shape index (κ1) is 51.7. The smallest absolute Gasteiger partial charge is 0.410 e. The number of carbonyl (C=O) groups excluding carboxylic acids is 2. The summed E-state index contributed by atoms with van der Waals surface area (Å²) >= 11 is 9.64. The van der Waals surface area contributed by atoms with Gasteiger partial charge in [0.1, 0.15) is 17.4 Å². The Morgan fingerprint density at radius 1 is 0.676 bits per heavy atom. The van der Waals surface area contributed by atoms with Crippen LogP contribution in [-0.2, 0) is 22.6 Å². The number of aromatic nitrogens is 8. The molecule has 21 nitrogen and oxygen atoms in total. The molecule has 372 valence electrons. The van der Waals surface area contributed by atoms with E-state index in [4.69, 9.17) is 32.3 Å². The molecule has 0 bridgehead atoms. The van der Waals surface area contributed by atoms with E-state index in [2.05, 4.69) is 78.8 Å².